The Bertz CT molecular complexity index is 1370. The SMILES string of the molecule is O=C(CCCN1C(=O)NC(Nc2ccc3c(c2)CCC3)=CC1O)N1CCN(c2cccc3[nH]ccc23)CC1. The smallest absolute Gasteiger partial charge is 0.325 e. The highest BCUT2D eigenvalue weighted by atomic mass is 16.3. The van der Waals surface area contributed by atoms with Gasteiger partial charge in [0.1, 0.15) is 5.82 Å². The molecular weight excluding hydrogens is 480 g/mol. The summed E-state index contributed by atoms with van der Waals surface area (Å²) in [7, 11) is 0. The van der Waals surface area contributed by atoms with Gasteiger partial charge in [0.2, 0.25) is 5.91 Å². The molecule has 4 N–H and O–H groups in total. The highest BCUT2D eigenvalue weighted by Crippen LogP contribution is 2.28. The van der Waals surface area contributed by atoms with Crippen LogP contribution in [0.25, 0.3) is 10.9 Å². The Labute approximate surface area is 222 Å². The number of aromatic nitrogens is 1. The third-order valence-electron chi connectivity index (χ3n) is 7.85. The normalized spacial score (nSPS) is 19.4. The molecule has 2 aliphatic heterocycles. The second-order valence-electron chi connectivity index (χ2n) is 10.3. The van der Waals surface area contributed by atoms with Crippen molar-refractivity contribution in [2.75, 3.05) is 42.9 Å². The van der Waals surface area contributed by atoms with Crippen molar-refractivity contribution < 1.29 is 14.7 Å². The summed E-state index contributed by atoms with van der Waals surface area (Å²) in [6.07, 6.45) is 6.71. The van der Waals surface area contributed by atoms with Gasteiger partial charge in [0.15, 0.2) is 6.23 Å². The highest BCUT2D eigenvalue weighted by molar-refractivity contribution is 5.92. The number of urea groups is 1. The van der Waals surface area contributed by atoms with Crippen LogP contribution >= 0.6 is 0 Å². The number of benzene rings is 2. The fourth-order valence-corrected chi connectivity index (χ4v) is 5.80. The molecule has 1 unspecified atom stereocenters. The number of H-pyrrole nitrogens is 1. The molecule has 6 rings (SSSR count). The molecule has 0 spiro atoms. The van der Waals surface area contributed by atoms with Gasteiger partial charge in [-0.2, -0.15) is 0 Å². The summed E-state index contributed by atoms with van der Waals surface area (Å²) in [5, 5.41) is 17.8. The third kappa shape index (κ3) is 4.93. The summed E-state index contributed by atoms with van der Waals surface area (Å²) in [6.45, 7) is 3.22. The third-order valence-corrected chi connectivity index (χ3v) is 7.85. The van der Waals surface area contributed by atoms with Crippen molar-refractivity contribution >= 4 is 34.2 Å². The zero-order chi connectivity index (χ0) is 26.1. The summed E-state index contributed by atoms with van der Waals surface area (Å²) < 4.78 is 0. The molecule has 38 heavy (non-hydrogen) atoms. The summed E-state index contributed by atoms with van der Waals surface area (Å²) in [5.74, 6) is 0.562. The minimum absolute atomic E-state index is 0.0888. The largest absolute Gasteiger partial charge is 0.370 e. The number of rotatable bonds is 7. The van der Waals surface area contributed by atoms with Crippen LogP contribution in [-0.4, -0.2) is 70.8 Å². The Kier molecular flexibility index (Phi) is 6.68. The number of aryl methyl sites for hydroxylation is 2. The lowest BCUT2D eigenvalue weighted by molar-refractivity contribution is -0.131. The van der Waals surface area contributed by atoms with Crippen molar-refractivity contribution in [3.63, 3.8) is 0 Å². The molecule has 1 saturated heterocycles. The van der Waals surface area contributed by atoms with Crippen molar-refractivity contribution in [3.8, 4) is 0 Å². The number of hydrogen-bond donors (Lipinski definition) is 4. The van der Waals surface area contributed by atoms with Crippen molar-refractivity contribution in [2.24, 2.45) is 0 Å². The van der Waals surface area contributed by atoms with Crippen molar-refractivity contribution in [1.82, 2.24) is 20.1 Å². The van der Waals surface area contributed by atoms with E-state index >= 15 is 0 Å². The molecule has 3 aromatic rings. The second-order valence-corrected chi connectivity index (χ2v) is 10.3. The van der Waals surface area contributed by atoms with Gasteiger partial charge >= 0.3 is 6.03 Å². The van der Waals surface area contributed by atoms with Gasteiger partial charge in [-0.15, -0.1) is 0 Å². The van der Waals surface area contributed by atoms with Gasteiger partial charge in [-0.05, 0) is 67.1 Å². The monoisotopic (exact) mass is 514 g/mol. The van der Waals surface area contributed by atoms with Gasteiger partial charge in [0.25, 0.3) is 0 Å². The molecule has 0 saturated carbocycles. The number of nitrogens with zero attached hydrogens (tertiary/aromatic N) is 3. The van der Waals surface area contributed by atoms with Crippen LogP contribution in [0.5, 0.6) is 0 Å². The van der Waals surface area contributed by atoms with Crippen LogP contribution in [0, 0.1) is 0 Å². The van der Waals surface area contributed by atoms with Crippen molar-refractivity contribution in [2.45, 2.75) is 38.3 Å². The minimum atomic E-state index is -1.05. The number of anilines is 2. The Morgan fingerprint density at radius 3 is 2.74 bits per heavy atom. The molecule has 9 heteroatoms. The van der Waals surface area contributed by atoms with Crippen LogP contribution in [0.1, 0.15) is 30.4 Å². The van der Waals surface area contributed by atoms with Crippen LogP contribution in [0.2, 0.25) is 0 Å². The topological polar surface area (TPSA) is 104 Å². The zero-order valence-corrected chi connectivity index (χ0v) is 21.4. The quantitative estimate of drug-likeness (QED) is 0.387. The first kappa shape index (κ1) is 24.4. The lowest BCUT2D eigenvalue weighted by Crippen LogP contribution is -2.51. The number of fused-ring (bicyclic) bond motifs is 2. The molecule has 198 valence electrons. The number of carbonyl (C=O) groups is 2. The molecule has 3 amide bonds. The predicted molar refractivity (Wildman–Crippen MR) is 148 cm³/mol. The first-order valence-corrected chi connectivity index (χ1v) is 13.5. The number of piperazine rings is 1. The molecule has 0 radical (unpaired) electrons. The van der Waals surface area contributed by atoms with E-state index in [2.05, 4.69) is 56.9 Å². The van der Waals surface area contributed by atoms with Gasteiger partial charge in [-0.3, -0.25) is 15.0 Å². The maximum absolute atomic E-state index is 12.9. The van der Waals surface area contributed by atoms with Gasteiger partial charge in [-0.1, -0.05) is 12.1 Å². The number of aliphatic hydroxyl groups is 1. The molecule has 2 aromatic carbocycles. The van der Waals surface area contributed by atoms with E-state index in [1.165, 1.54) is 33.5 Å². The van der Waals surface area contributed by atoms with Crippen LogP contribution in [-0.2, 0) is 17.6 Å². The highest BCUT2D eigenvalue weighted by Gasteiger charge is 2.27. The van der Waals surface area contributed by atoms with Crippen LogP contribution in [0.15, 0.2) is 60.6 Å². The number of amides is 3. The number of aromatic amines is 1. The van der Waals surface area contributed by atoms with E-state index in [0.29, 0.717) is 38.3 Å². The van der Waals surface area contributed by atoms with E-state index in [1.807, 2.05) is 17.2 Å². The lowest BCUT2D eigenvalue weighted by atomic mass is 10.1. The summed E-state index contributed by atoms with van der Waals surface area (Å²) in [5.41, 5.74) is 5.93. The van der Waals surface area contributed by atoms with Gasteiger partial charge in [0.05, 0.1) is 0 Å². The van der Waals surface area contributed by atoms with E-state index in [9.17, 15) is 14.7 Å². The molecular formula is C29H34N6O3. The summed E-state index contributed by atoms with van der Waals surface area (Å²) in [4.78, 5) is 34.4. The van der Waals surface area contributed by atoms with E-state index in [4.69, 9.17) is 0 Å². The maximum Gasteiger partial charge on any atom is 0.325 e. The molecule has 1 atom stereocenters. The maximum atomic E-state index is 12.9. The summed E-state index contributed by atoms with van der Waals surface area (Å²) in [6, 6.07) is 14.2. The Hall–Kier alpha value is -3.98. The van der Waals surface area contributed by atoms with E-state index in [1.54, 1.807) is 6.08 Å². The predicted octanol–water partition coefficient (Wildman–Crippen LogP) is 3.38. The standard InChI is InChI=1S/C29H34N6O3/c36-27(34-16-14-33(15-17-34)25-7-2-6-24-23(25)11-12-30-24)8-3-13-35-28(37)19-26(32-29(35)38)31-22-10-9-20-4-1-5-21(20)18-22/h2,6-7,9-12,18-19,28,30-31,37H,1,3-5,8,13-17H2,(H,32,38). The average Bonchev–Trinajstić information content (AvgIpc) is 3.59. The van der Waals surface area contributed by atoms with E-state index < -0.39 is 6.23 Å². The number of nitrogens with one attached hydrogen (secondary N) is 3. The number of hydrogen-bond acceptors (Lipinski definition) is 5. The van der Waals surface area contributed by atoms with Gasteiger partial charge < -0.3 is 25.2 Å². The molecule has 9 nitrogen and oxygen atoms in total. The first-order chi connectivity index (χ1) is 18.5. The Balaban J connectivity index is 0.973. The Morgan fingerprint density at radius 2 is 1.89 bits per heavy atom. The fraction of sp³-hybridized carbons (Fsp3) is 0.379. The van der Waals surface area contributed by atoms with E-state index in [-0.39, 0.29) is 11.9 Å². The van der Waals surface area contributed by atoms with Crippen LogP contribution in [0.3, 0.4) is 0 Å². The van der Waals surface area contributed by atoms with E-state index in [0.717, 1.165) is 37.1 Å². The van der Waals surface area contributed by atoms with Crippen LogP contribution < -0.4 is 15.5 Å². The molecule has 0 bridgehead atoms. The number of carbonyl (C=O) groups excluding carboxylic acids is 2. The lowest BCUT2D eigenvalue weighted by Gasteiger charge is -2.36. The molecule has 3 heterocycles. The fourth-order valence-electron chi connectivity index (χ4n) is 5.80. The molecule has 1 aliphatic carbocycles. The summed E-state index contributed by atoms with van der Waals surface area (Å²) >= 11 is 0. The van der Waals surface area contributed by atoms with Gasteiger partial charge in [-0.25, -0.2) is 4.79 Å². The molecule has 1 aromatic heterocycles. The molecule has 3 aliphatic rings. The Morgan fingerprint density at radius 1 is 1.05 bits per heavy atom. The van der Waals surface area contributed by atoms with Gasteiger partial charge in [0, 0.05) is 73.7 Å². The second kappa shape index (κ2) is 10.4. The minimum Gasteiger partial charge on any atom is -0.370 e. The van der Waals surface area contributed by atoms with Crippen molar-refractivity contribution in [1.29, 1.82) is 0 Å². The zero-order valence-electron chi connectivity index (χ0n) is 21.4. The number of aliphatic hydroxyl groups excluding tert-OH is 1. The van der Waals surface area contributed by atoms with Crippen molar-refractivity contribution in [3.05, 3.63) is 71.7 Å². The average molecular weight is 515 g/mol. The first-order valence-electron chi connectivity index (χ1n) is 13.5. The molecule has 1 fully saturated rings. The van der Waals surface area contributed by atoms with Crippen LogP contribution in [0.4, 0.5) is 16.2 Å².